The van der Waals surface area contributed by atoms with Gasteiger partial charge in [0, 0.05) is 0 Å². The lowest BCUT2D eigenvalue weighted by Crippen LogP contribution is -2.32. The number of hydrogen-bond acceptors (Lipinski definition) is 2. The molecule has 120 valence electrons. The van der Waals surface area contributed by atoms with E-state index in [0.29, 0.717) is 24.0 Å². The number of benzene rings is 2. The highest BCUT2D eigenvalue weighted by Crippen LogP contribution is 2.40. The molecule has 0 saturated heterocycles. The molecule has 0 spiro atoms. The molecule has 0 atom stereocenters. The third-order valence-corrected chi connectivity index (χ3v) is 4.11. The van der Waals surface area contributed by atoms with Gasteiger partial charge in [0.2, 0.25) is 0 Å². The zero-order chi connectivity index (χ0) is 16.4. The number of halogens is 3. The Balaban J connectivity index is 1.57. The molecule has 2 aromatic rings. The average molecular weight is 320 g/mol. The molecule has 23 heavy (non-hydrogen) atoms. The monoisotopic (exact) mass is 320 g/mol. The van der Waals surface area contributed by atoms with Gasteiger partial charge in [0.25, 0.3) is 6.43 Å². The fourth-order valence-electron chi connectivity index (χ4n) is 2.70. The molecule has 2 nitrogen and oxygen atoms in total. The van der Waals surface area contributed by atoms with Gasteiger partial charge in [-0.25, -0.2) is 18.0 Å². The van der Waals surface area contributed by atoms with Gasteiger partial charge < -0.3 is 4.74 Å². The highest BCUT2D eigenvalue weighted by atomic mass is 19.3. The fourth-order valence-corrected chi connectivity index (χ4v) is 2.70. The average Bonchev–Trinajstić information content (AvgIpc) is 2.50. The van der Waals surface area contributed by atoms with E-state index in [1.54, 1.807) is 24.3 Å². The van der Waals surface area contributed by atoms with Crippen molar-refractivity contribution in [2.24, 2.45) is 0 Å². The van der Waals surface area contributed by atoms with E-state index >= 15 is 0 Å². The molecule has 5 heteroatoms. The van der Waals surface area contributed by atoms with E-state index in [1.807, 2.05) is 6.07 Å². The summed E-state index contributed by atoms with van der Waals surface area (Å²) in [5, 5.41) is 0. The zero-order valence-corrected chi connectivity index (χ0v) is 12.2. The van der Waals surface area contributed by atoms with Crippen molar-refractivity contribution in [3.8, 4) is 0 Å². The standard InChI is InChI=1S/C18H15F3O2/c19-16-10-12(6-7-15(16)17(20)21)13-8-14(9-13)23-18(22)11-4-2-1-3-5-11/h1-7,10,13-14,17H,8-9H2. The van der Waals surface area contributed by atoms with Crippen molar-refractivity contribution in [3.05, 3.63) is 71.0 Å². The van der Waals surface area contributed by atoms with Gasteiger partial charge in [0.15, 0.2) is 0 Å². The Kier molecular flexibility index (Phi) is 4.37. The van der Waals surface area contributed by atoms with Gasteiger partial charge in [-0.3, -0.25) is 0 Å². The molecule has 1 aliphatic carbocycles. The second-order valence-electron chi connectivity index (χ2n) is 5.64. The van der Waals surface area contributed by atoms with Crippen molar-refractivity contribution in [2.45, 2.75) is 31.3 Å². The minimum atomic E-state index is -2.81. The largest absolute Gasteiger partial charge is 0.459 e. The summed E-state index contributed by atoms with van der Waals surface area (Å²) in [4.78, 5) is 11.9. The molecule has 0 unspecified atom stereocenters. The number of carbonyl (C=O) groups excluding carboxylic acids is 1. The first kappa shape index (κ1) is 15.6. The first-order valence-corrected chi connectivity index (χ1v) is 7.38. The Morgan fingerprint density at radius 1 is 1.09 bits per heavy atom. The Labute approximate surface area is 131 Å². The van der Waals surface area contributed by atoms with Gasteiger partial charge in [-0.05, 0) is 42.5 Å². The molecule has 0 radical (unpaired) electrons. The van der Waals surface area contributed by atoms with E-state index < -0.39 is 17.8 Å². The lowest BCUT2D eigenvalue weighted by atomic mass is 9.77. The van der Waals surface area contributed by atoms with Crippen LogP contribution in [0.5, 0.6) is 0 Å². The zero-order valence-electron chi connectivity index (χ0n) is 12.2. The van der Waals surface area contributed by atoms with Crippen molar-refractivity contribution in [2.75, 3.05) is 0 Å². The molecule has 0 aromatic heterocycles. The number of carbonyl (C=O) groups is 1. The van der Waals surface area contributed by atoms with E-state index in [9.17, 15) is 18.0 Å². The molecular weight excluding hydrogens is 305 g/mol. The quantitative estimate of drug-likeness (QED) is 0.752. The van der Waals surface area contributed by atoms with Crippen LogP contribution in [0.1, 0.15) is 46.7 Å². The maximum absolute atomic E-state index is 13.6. The summed E-state index contributed by atoms with van der Waals surface area (Å²) >= 11 is 0. The fraction of sp³-hybridized carbons (Fsp3) is 0.278. The second-order valence-corrected chi connectivity index (χ2v) is 5.64. The molecule has 0 N–H and O–H groups in total. The number of rotatable bonds is 4. The molecule has 1 aliphatic rings. The Hall–Kier alpha value is -2.30. The summed E-state index contributed by atoms with van der Waals surface area (Å²) < 4.78 is 44.0. The van der Waals surface area contributed by atoms with Crippen LogP contribution in [0.15, 0.2) is 48.5 Å². The molecule has 0 bridgehead atoms. The molecule has 2 aromatic carbocycles. The minimum Gasteiger partial charge on any atom is -0.459 e. The van der Waals surface area contributed by atoms with Crippen molar-refractivity contribution in [1.29, 1.82) is 0 Å². The minimum absolute atomic E-state index is 0.0322. The predicted octanol–water partition coefficient (Wildman–Crippen LogP) is 4.87. The van der Waals surface area contributed by atoms with Crippen molar-refractivity contribution < 1.29 is 22.7 Å². The molecule has 0 heterocycles. The SMILES string of the molecule is O=C(OC1CC(c2ccc(C(F)F)c(F)c2)C1)c1ccccc1. The van der Waals surface area contributed by atoms with Crippen molar-refractivity contribution in [1.82, 2.24) is 0 Å². The lowest BCUT2D eigenvalue weighted by Gasteiger charge is -2.35. The van der Waals surface area contributed by atoms with Crippen LogP contribution >= 0.6 is 0 Å². The lowest BCUT2D eigenvalue weighted by molar-refractivity contribution is 0.00203. The summed E-state index contributed by atoms with van der Waals surface area (Å²) in [6.45, 7) is 0. The number of alkyl halides is 2. The Bertz CT molecular complexity index is 695. The summed E-state index contributed by atoms with van der Waals surface area (Å²) in [6, 6.07) is 12.5. The van der Waals surface area contributed by atoms with Crippen LogP contribution in [-0.2, 0) is 4.74 Å². The molecule has 1 saturated carbocycles. The number of esters is 1. The van der Waals surface area contributed by atoms with E-state index in [0.717, 1.165) is 12.1 Å². The second kappa shape index (κ2) is 6.44. The molecule has 1 fully saturated rings. The normalized spacial score (nSPS) is 20.2. The van der Waals surface area contributed by atoms with Crippen LogP contribution in [0.25, 0.3) is 0 Å². The predicted molar refractivity (Wildman–Crippen MR) is 79.0 cm³/mol. The number of ether oxygens (including phenoxy) is 1. The third-order valence-electron chi connectivity index (χ3n) is 4.11. The topological polar surface area (TPSA) is 26.3 Å². The Morgan fingerprint density at radius 3 is 2.39 bits per heavy atom. The first-order chi connectivity index (χ1) is 11.0. The highest BCUT2D eigenvalue weighted by Gasteiger charge is 2.34. The van der Waals surface area contributed by atoms with Gasteiger partial charge in [-0.15, -0.1) is 0 Å². The van der Waals surface area contributed by atoms with Gasteiger partial charge in [-0.1, -0.05) is 30.3 Å². The van der Waals surface area contributed by atoms with Gasteiger partial charge >= 0.3 is 5.97 Å². The Morgan fingerprint density at radius 2 is 1.78 bits per heavy atom. The first-order valence-electron chi connectivity index (χ1n) is 7.38. The smallest absolute Gasteiger partial charge is 0.338 e. The number of hydrogen-bond donors (Lipinski definition) is 0. The van der Waals surface area contributed by atoms with Crippen LogP contribution in [0.2, 0.25) is 0 Å². The van der Waals surface area contributed by atoms with E-state index in [1.165, 1.54) is 6.07 Å². The van der Waals surface area contributed by atoms with Gasteiger partial charge in [0.1, 0.15) is 11.9 Å². The van der Waals surface area contributed by atoms with Crippen LogP contribution < -0.4 is 0 Å². The van der Waals surface area contributed by atoms with Gasteiger partial charge in [-0.2, -0.15) is 0 Å². The maximum Gasteiger partial charge on any atom is 0.338 e. The molecule has 0 aliphatic heterocycles. The summed E-state index contributed by atoms with van der Waals surface area (Å²) in [6.07, 6.45) is -1.88. The van der Waals surface area contributed by atoms with Crippen molar-refractivity contribution in [3.63, 3.8) is 0 Å². The molecule has 0 amide bonds. The molecular formula is C18H15F3O2. The van der Waals surface area contributed by atoms with E-state index in [2.05, 4.69) is 0 Å². The van der Waals surface area contributed by atoms with E-state index in [4.69, 9.17) is 4.74 Å². The maximum atomic E-state index is 13.6. The highest BCUT2D eigenvalue weighted by molar-refractivity contribution is 5.89. The van der Waals surface area contributed by atoms with Crippen LogP contribution in [0.3, 0.4) is 0 Å². The van der Waals surface area contributed by atoms with Crippen LogP contribution in [-0.4, -0.2) is 12.1 Å². The summed E-state index contributed by atoms with van der Waals surface area (Å²) in [5.41, 5.74) is 0.572. The molecule has 3 rings (SSSR count). The van der Waals surface area contributed by atoms with Gasteiger partial charge in [0.05, 0.1) is 11.1 Å². The summed E-state index contributed by atoms with van der Waals surface area (Å²) in [5.74, 6) is -1.24. The summed E-state index contributed by atoms with van der Waals surface area (Å²) in [7, 11) is 0. The van der Waals surface area contributed by atoms with Crippen LogP contribution in [0, 0.1) is 5.82 Å². The van der Waals surface area contributed by atoms with Crippen LogP contribution in [0.4, 0.5) is 13.2 Å². The van der Waals surface area contributed by atoms with Crippen molar-refractivity contribution >= 4 is 5.97 Å². The van der Waals surface area contributed by atoms with E-state index in [-0.39, 0.29) is 18.0 Å². The third kappa shape index (κ3) is 3.38.